The first kappa shape index (κ1) is 8.55. The molecule has 1 aromatic rings. The largest absolute Gasteiger partial charge is 0.504 e. The molecule has 0 aliphatic heterocycles. The van der Waals surface area contributed by atoms with Crippen LogP contribution in [-0.4, -0.2) is 29.3 Å². The summed E-state index contributed by atoms with van der Waals surface area (Å²) in [5.41, 5.74) is 5.52. The third-order valence-corrected chi connectivity index (χ3v) is 1.74. The molecule has 2 atom stereocenters. The highest BCUT2D eigenvalue weighted by atomic mass is 16.5. The van der Waals surface area contributed by atoms with Crippen molar-refractivity contribution in [1.82, 2.24) is 0 Å². The van der Waals surface area contributed by atoms with Gasteiger partial charge in [-0.1, -0.05) is 6.07 Å². The fraction of sp³-hybridized carbons (Fsp3) is 0.300. The minimum Gasteiger partial charge on any atom is -0.504 e. The smallest absolute Gasteiger partial charge is 0.322 e. The molecule has 1 rings (SSSR count). The summed E-state index contributed by atoms with van der Waals surface area (Å²) in [6.07, 6.45) is -1.44. The Hall–Kier alpha value is -1.75. The van der Waals surface area contributed by atoms with Gasteiger partial charge in [0.15, 0.2) is 11.5 Å². The Balaban J connectivity index is 3.07. The molecule has 0 amide bonds. The van der Waals surface area contributed by atoms with Crippen LogP contribution >= 0.6 is 0 Å². The number of aromatic hydroxyl groups is 2. The first-order valence-corrected chi connectivity index (χ1v) is 4.12. The zero-order valence-corrected chi connectivity index (χ0v) is 8.10. The molecule has 4 N–H and O–H groups in total. The van der Waals surface area contributed by atoms with Crippen LogP contribution in [-0.2, 0) is 15.9 Å². The van der Waals surface area contributed by atoms with Gasteiger partial charge < -0.3 is 20.7 Å². The van der Waals surface area contributed by atoms with Crippen molar-refractivity contribution in [2.24, 2.45) is 5.73 Å². The highest BCUT2D eigenvalue weighted by molar-refractivity contribution is 5.75. The number of benzene rings is 1. The standard InChI is InChI=1S/C10H13NO4/c1-15-10(14)7(11)4-6-2-3-8(12)9(13)5-6/h2-3,5,7,12-13H,4,11H2,1H3/t7-/m1/s1/i4D,7D/t4-,7-. The maximum absolute atomic E-state index is 11.2. The monoisotopic (exact) mass is 213 g/mol. The van der Waals surface area contributed by atoms with Gasteiger partial charge in [0.2, 0.25) is 0 Å². The molecule has 0 aliphatic rings. The number of ether oxygens (including phenoxy) is 1. The van der Waals surface area contributed by atoms with Crippen molar-refractivity contribution in [1.29, 1.82) is 0 Å². The molecule has 0 spiro atoms. The van der Waals surface area contributed by atoms with Gasteiger partial charge in [-0.3, -0.25) is 4.79 Å². The van der Waals surface area contributed by atoms with Gasteiger partial charge in [-0.25, -0.2) is 0 Å². The molecular formula is C10H13NO4. The molecule has 5 heteroatoms. The molecule has 0 aromatic heterocycles. The Morgan fingerprint density at radius 3 is 2.87 bits per heavy atom. The lowest BCUT2D eigenvalue weighted by Crippen LogP contribution is -2.33. The Kier molecular flexibility index (Phi) is 2.65. The van der Waals surface area contributed by atoms with E-state index in [4.69, 9.17) is 13.6 Å². The molecule has 1 aromatic carbocycles. The van der Waals surface area contributed by atoms with Crippen molar-refractivity contribution in [2.45, 2.75) is 12.4 Å². The van der Waals surface area contributed by atoms with Crippen LogP contribution in [0.1, 0.15) is 8.30 Å². The molecule has 0 unspecified atom stereocenters. The normalized spacial score (nSPS) is 18.3. The Morgan fingerprint density at radius 1 is 1.67 bits per heavy atom. The van der Waals surface area contributed by atoms with Crippen molar-refractivity contribution in [3.8, 4) is 11.5 Å². The summed E-state index contributed by atoms with van der Waals surface area (Å²) in [6.45, 7) is 0. The van der Waals surface area contributed by atoms with Crippen LogP contribution in [0.2, 0.25) is 0 Å². The molecule has 0 fully saturated rings. The lowest BCUT2D eigenvalue weighted by atomic mass is 10.1. The van der Waals surface area contributed by atoms with Gasteiger partial charge in [-0.15, -0.1) is 0 Å². The van der Waals surface area contributed by atoms with Gasteiger partial charge in [0.05, 0.1) is 8.48 Å². The quantitative estimate of drug-likeness (QED) is 0.490. The van der Waals surface area contributed by atoms with Crippen LogP contribution in [0, 0.1) is 0 Å². The van der Waals surface area contributed by atoms with Gasteiger partial charge >= 0.3 is 5.97 Å². The van der Waals surface area contributed by atoms with Gasteiger partial charge in [-0.05, 0) is 24.1 Å². The summed E-state index contributed by atoms with van der Waals surface area (Å²) in [4.78, 5) is 11.2. The highest BCUT2D eigenvalue weighted by Gasteiger charge is 2.14. The predicted molar refractivity (Wildman–Crippen MR) is 53.5 cm³/mol. The topological polar surface area (TPSA) is 92.8 Å². The molecule has 0 saturated carbocycles. The number of phenolic OH excluding ortho intramolecular Hbond substituents is 2. The van der Waals surface area contributed by atoms with Crippen LogP contribution < -0.4 is 5.73 Å². The number of nitrogens with two attached hydrogens (primary N) is 1. The maximum atomic E-state index is 11.2. The maximum Gasteiger partial charge on any atom is 0.322 e. The number of esters is 1. The zero-order valence-electron chi connectivity index (χ0n) is 10.1. The van der Waals surface area contributed by atoms with Crippen LogP contribution in [0.5, 0.6) is 11.5 Å². The van der Waals surface area contributed by atoms with Crippen molar-refractivity contribution in [2.75, 3.05) is 7.11 Å². The van der Waals surface area contributed by atoms with Gasteiger partial charge in [0, 0.05) is 1.37 Å². The second-order valence-electron chi connectivity index (χ2n) is 2.84. The number of methoxy groups -OCH3 is 1. The van der Waals surface area contributed by atoms with Crippen LogP contribution in [0.4, 0.5) is 0 Å². The number of hydrogen-bond acceptors (Lipinski definition) is 5. The van der Waals surface area contributed by atoms with E-state index in [-0.39, 0.29) is 11.3 Å². The summed E-state index contributed by atoms with van der Waals surface area (Å²) < 4.78 is 19.6. The molecule has 0 saturated heterocycles. The van der Waals surface area contributed by atoms with Crippen molar-refractivity contribution in [3.63, 3.8) is 0 Å². The second kappa shape index (κ2) is 4.65. The van der Waals surface area contributed by atoms with E-state index in [1.54, 1.807) is 0 Å². The van der Waals surface area contributed by atoms with E-state index in [0.29, 0.717) is 0 Å². The van der Waals surface area contributed by atoms with Crippen LogP contribution in [0.3, 0.4) is 0 Å². The van der Waals surface area contributed by atoms with E-state index < -0.39 is 24.1 Å². The van der Waals surface area contributed by atoms with E-state index >= 15 is 0 Å². The van der Waals surface area contributed by atoms with Crippen molar-refractivity contribution >= 4 is 5.97 Å². The summed E-state index contributed by atoms with van der Waals surface area (Å²) in [5, 5.41) is 18.4. The van der Waals surface area contributed by atoms with E-state index in [0.717, 1.165) is 19.2 Å². The third kappa shape index (κ3) is 2.85. The zero-order chi connectivity index (χ0) is 13.2. The minimum atomic E-state index is -2.28. The highest BCUT2D eigenvalue weighted by Crippen LogP contribution is 2.25. The van der Waals surface area contributed by atoms with E-state index in [2.05, 4.69) is 4.74 Å². The van der Waals surface area contributed by atoms with Gasteiger partial charge in [0.1, 0.15) is 6.02 Å². The summed E-state index contributed by atoms with van der Waals surface area (Å²) >= 11 is 0. The van der Waals surface area contributed by atoms with E-state index in [1.807, 2.05) is 0 Å². The van der Waals surface area contributed by atoms with Crippen molar-refractivity contribution in [3.05, 3.63) is 23.8 Å². The average Bonchev–Trinajstić information content (AvgIpc) is 2.30. The number of rotatable bonds is 3. The lowest BCUT2D eigenvalue weighted by Gasteiger charge is -2.09. The fourth-order valence-corrected chi connectivity index (χ4v) is 0.987. The van der Waals surface area contributed by atoms with Crippen LogP contribution in [0.15, 0.2) is 18.2 Å². The average molecular weight is 213 g/mol. The Morgan fingerprint density at radius 2 is 2.33 bits per heavy atom. The molecule has 5 nitrogen and oxygen atoms in total. The van der Waals surface area contributed by atoms with Crippen LogP contribution in [0.25, 0.3) is 0 Å². The SMILES string of the molecule is [2H][C@H](c1ccc(O)c(O)c1)[C@@]([2H])(N)C(=O)OC. The molecule has 82 valence electrons. The second-order valence-corrected chi connectivity index (χ2v) is 2.84. The lowest BCUT2D eigenvalue weighted by molar-refractivity contribution is -0.142. The molecule has 0 bridgehead atoms. The predicted octanol–water partition coefficient (Wildman–Crippen LogP) is 0.141. The summed E-state index contributed by atoms with van der Waals surface area (Å²) in [6, 6.07) is 1.25. The van der Waals surface area contributed by atoms with E-state index in [9.17, 15) is 9.90 Å². The molecule has 0 radical (unpaired) electrons. The first-order valence-electron chi connectivity index (χ1n) is 5.20. The Labute approximate surface area is 89.9 Å². The van der Waals surface area contributed by atoms with Crippen molar-refractivity contribution < 1.29 is 22.5 Å². The molecular weight excluding hydrogens is 198 g/mol. The summed E-state index contributed by atoms with van der Waals surface area (Å²) in [7, 11) is 1.07. The third-order valence-electron chi connectivity index (χ3n) is 1.74. The number of carbonyl (C=O) groups excluding carboxylic acids is 1. The molecule has 15 heavy (non-hydrogen) atoms. The first-order chi connectivity index (χ1) is 7.80. The minimum absolute atomic E-state index is 0.128. The Bertz CT molecular complexity index is 436. The van der Waals surface area contributed by atoms with Gasteiger partial charge in [-0.2, -0.15) is 0 Å². The number of carbonyl (C=O) groups is 1. The molecule has 0 aliphatic carbocycles. The summed E-state index contributed by atoms with van der Waals surface area (Å²) in [5.74, 6) is -1.85. The molecule has 0 heterocycles. The fourth-order valence-electron chi connectivity index (χ4n) is 0.987. The van der Waals surface area contributed by atoms with Gasteiger partial charge in [0.25, 0.3) is 0 Å². The number of phenols is 2. The number of hydrogen-bond donors (Lipinski definition) is 3. The van der Waals surface area contributed by atoms with E-state index in [1.165, 1.54) is 6.07 Å².